The molecule has 0 saturated carbocycles. The standard InChI is InChI=1S/C23H24N2O3S/c1-17-7-6-8-18(2)23(17)25-29(27,28)21-14-12-20(13-15-21)24-22(26)16-11-19-9-4-3-5-10-19/h3-10,12-15,25H,11,16H2,1-2H3,(H,24,26). The molecule has 6 heteroatoms. The Bertz CT molecular complexity index is 1070. The van der Waals surface area contributed by atoms with Crippen LogP contribution in [0.25, 0.3) is 0 Å². The van der Waals surface area contributed by atoms with Gasteiger partial charge in [-0.2, -0.15) is 0 Å². The highest BCUT2D eigenvalue weighted by molar-refractivity contribution is 7.92. The van der Waals surface area contributed by atoms with Crippen molar-refractivity contribution in [1.29, 1.82) is 0 Å². The Morgan fingerprint density at radius 1 is 0.828 bits per heavy atom. The van der Waals surface area contributed by atoms with Crippen molar-refractivity contribution in [3.05, 3.63) is 89.5 Å². The Hall–Kier alpha value is -3.12. The molecule has 5 nitrogen and oxygen atoms in total. The van der Waals surface area contributed by atoms with Crippen molar-refractivity contribution in [3.63, 3.8) is 0 Å². The molecule has 0 atom stereocenters. The van der Waals surface area contributed by atoms with Gasteiger partial charge in [-0.3, -0.25) is 9.52 Å². The molecule has 0 radical (unpaired) electrons. The molecule has 0 aliphatic carbocycles. The van der Waals surface area contributed by atoms with Crippen molar-refractivity contribution >= 4 is 27.3 Å². The lowest BCUT2D eigenvalue weighted by atomic mass is 10.1. The van der Waals surface area contributed by atoms with Gasteiger partial charge >= 0.3 is 0 Å². The fourth-order valence-corrected chi connectivity index (χ4v) is 4.22. The molecule has 2 N–H and O–H groups in total. The first-order valence-electron chi connectivity index (χ1n) is 9.38. The number of carbonyl (C=O) groups excluding carboxylic acids is 1. The van der Waals surface area contributed by atoms with Gasteiger partial charge in [-0.05, 0) is 61.2 Å². The minimum absolute atomic E-state index is 0.113. The van der Waals surface area contributed by atoms with Crippen LogP contribution in [0, 0.1) is 13.8 Å². The Labute approximate surface area is 171 Å². The predicted octanol–water partition coefficient (Wildman–Crippen LogP) is 4.68. The molecule has 0 heterocycles. The van der Waals surface area contributed by atoms with Gasteiger partial charge in [0.2, 0.25) is 5.91 Å². The van der Waals surface area contributed by atoms with E-state index in [4.69, 9.17) is 0 Å². The van der Waals surface area contributed by atoms with E-state index < -0.39 is 10.0 Å². The number of hydrogen-bond donors (Lipinski definition) is 2. The van der Waals surface area contributed by atoms with Crippen molar-refractivity contribution < 1.29 is 13.2 Å². The summed E-state index contributed by atoms with van der Waals surface area (Å²) in [5.74, 6) is -0.113. The monoisotopic (exact) mass is 408 g/mol. The van der Waals surface area contributed by atoms with Crippen molar-refractivity contribution in [2.75, 3.05) is 10.0 Å². The third kappa shape index (κ3) is 5.45. The highest BCUT2D eigenvalue weighted by atomic mass is 32.2. The van der Waals surface area contributed by atoms with Crippen LogP contribution in [-0.4, -0.2) is 14.3 Å². The van der Waals surface area contributed by atoms with E-state index in [1.807, 2.05) is 62.4 Å². The Morgan fingerprint density at radius 2 is 1.45 bits per heavy atom. The summed E-state index contributed by atoms with van der Waals surface area (Å²) in [4.78, 5) is 12.3. The fourth-order valence-electron chi connectivity index (χ4n) is 3.01. The van der Waals surface area contributed by atoms with Gasteiger partial charge in [-0.25, -0.2) is 8.42 Å². The first-order valence-corrected chi connectivity index (χ1v) is 10.9. The molecule has 0 fully saturated rings. The van der Waals surface area contributed by atoms with Crippen LogP contribution in [0.2, 0.25) is 0 Å². The molecule has 0 aliphatic rings. The third-order valence-electron chi connectivity index (χ3n) is 4.65. The lowest BCUT2D eigenvalue weighted by Gasteiger charge is -2.13. The van der Waals surface area contributed by atoms with E-state index in [1.54, 1.807) is 12.1 Å². The lowest BCUT2D eigenvalue weighted by Crippen LogP contribution is -2.15. The van der Waals surface area contributed by atoms with E-state index in [0.717, 1.165) is 16.7 Å². The van der Waals surface area contributed by atoms with Crippen molar-refractivity contribution in [1.82, 2.24) is 0 Å². The number of sulfonamides is 1. The Kier molecular flexibility index (Phi) is 6.34. The van der Waals surface area contributed by atoms with Crippen molar-refractivity contribution in [2.45, 2.75) is 31.6 Å². The summed E-state index contributed by atoms with van der Waals surface area (Å²) in [5, 5.41) is 2.80. The second kappa shape index (κ2) is 8.92. The number of aryl methyl sites for hydroxylation is 3. The Morgan fingerprint density at radius 3 is 2.07 bits per heavy atom. The van der Waals surface area contributed by atoms with Crippen LogP contribution in [0.15, 0.2) is 77.7 Å². The molecule has 0 spiro atoms. The maximum Gasteiger partial charge on any atom is 0.261 e. The molecule has 3 aromatic carbocycles. The summed E-state index contributed by atoms with van der Waals surface area (Å²) in [6.45, 7) is 3.72. The van der Waals surface area contributed by atoms with Gasteiger partial charge in [-0.1, -0.05) is 48.5 Å². The largest absolute Gasteiger partial charge is 0.326 e. The van der Waals surface area contributed by atoms with Crippen LogP contribution in [0.4, 0.5) is 11.4 Å². The fraction of sp³-hybridized carbons (Fsp3) is 0.174. The molecular weight excluding hydrogens is 384 g/mol. The van der Waals surface area contributed by atoms with Gasteiger partial charge in [0.05, 0.1) is 10.6 Å². The number of hydrogen-bond acceptors (Lipinski definition) is 3. The minimum atomic E-state index is -3.71. The van der Waals surface area contributed by atoms with Crippen LogP contribution >= 0.6 is 0 Å². The number of rotatable bonds is 7. The van der Waals surface area contributed by atoms with Gasteiger partial charge in [0.1, 0.15) is 0 Å². The Balaban J connectivity index is 1.64. The quantitative estimate of drug-likeness (QED) is 0.596. The SMILES string of the molecule is Cc1cccc(C)c1NS(=O)(=O)c1ccc(NC(=O)CCc2ccccc2)cc1. The summed E-state index contributed by atoms with van der Waals surface area (Å²) < 4.78 is 28.1. The van der Waals surface area contributed by atoms with E-state index in [-0.39, 0.29) is 10.8 Å². The van der Waals surface area contributed by atoms with Gasteiger partial charge in [0, 0.05) is 12.1 Å². The molecule has 0 bridgehead atoms. The van der Waals surface area contributed by atoms with Crippen LogP contribution in [0.1, 0.15) is 23.1 Å². The average Bonchev–Trinajstić information content (AvgIpc) is 2.71. The number of benzene rings is 3. The summed E-state index contributed by atoms with van der Waals surface area (Å²) >= 11 is 0. The number of nitrogens with one attached hydrogen (secondary N) is 2. The third-order valence-corrected chi connectivity index (χ3v) is 6.02. The molecule has 3 aromatic rings. The van der Waals surface area contributed by atoms with Crippen LogP contribution in [0.3, 0.4) is 0 Å². The zero-order valence-corrected chi connectivity index (χ0v) is 17.3. The second-order valence-electron chi connectivity index (χ2n) is 6.93. The topological polar surface area (TPSA) is 75.3 Å². The molecule has 29 heavy (non-hydrogen) atoms. The van der Waals surface area contributed by atoms with Crippen molar-refractivity contribution in [3.8, 4) is 0 Å². The number of para-hydroxylation sites is 1. The summed E-state index contributed by atoms with van der Waals surface area (Å²) in [6, 6.07) is 21.6. The second-order valence-corrected chi connectivity index (χ2v) is 8.61. The number of anilines is 2. The lowest BCUT2D eigenvalue weighted by molar-refractivity contribution is -0.116. The van der Waals surface area contributed by atoms with Crippen LogP contribution in [-0.2, 0) is 21.2 Å². The highest BCUT2D eigenvalue weighted by Crippen LogP contribution is 2.24. The molecule has 0 unspecified atom stereocenters. The molecule has 0 aromatic heterocycles. The molecule has 0 saturated heterocycles. The maximum atomic E-state index is 12.7. The normalized spacial score (nSPS) is 11.1. The zero-order chi connectivity index (χ0) is 20.9. The number of carbonyl (C=O) groups is 1. The van der Waals surface area contributed by atoms with E-state index in [0.29, 0.717) is 24.2 Å². The molecule has 3 rings (SSSR count). The molecule has 1 amide bonds. The van der Waals surface area contributed by atoms with E-state index in [2.05, 4.69) is 10.0 Å². The van der Waals surface area contributed by atoms with Crippen LogP contribution in [0.5, 0.6) is 0 Å². The smallest absolute Gasteiger partial charge is 0.261 e. The molecule has 150 valence electrons. The number of amides is 1. The van der Waals surface area contributed by atoms with Gasteiger partial charge < -0.3 is 5.32 Å². The molecular formula is C23H24N2O3S. The maximum absolute atomic E-state index is 12.7. The van der Waals surface area contributed by atoms with Crippen LogP contribution < -0.4 is 10.0 Å². The first-order chi connectivity index (χ1) is 13.8. The highest BCUT2D eigenvalue weighted by Gasteiger charge is 2.16. The summed E-state index contributed by atoms with van der Waals surface area (Å²) in [6.07, 6.45) is 1.01. The average molecular weight is 409 g/mol. The summed E-state index contributed by atoms with van der Waals surface area (Å²) in [7, 11) is -3.71. The first kappa shape index (κ1) is 20.6. The predicted molar refractivity (Wildman–Crippen MR) is 117 cm³/mol. The van der Waals surface area contributed by atoms with Gasteiger partial charge in [0.15, 0.2) is 0 Å². The van der Waals surface area contributed by atoms with E-state index in [9.17, 15) is 13.2 Å². The zero-order valence-electron chi connectivity index (χ0n) is 16.5. The van der Waals surface area contributed by atoms with Crippen molar-refractivity contribution in [2.24, 2.45) is 0 Å². The molecule has 0 aliphatic heterocycles. The van der Waals surface area contributed by atoms with Gasteiger partial charge in [-0.15, -0.1) is 0 Å². The van der Waals surface area contributed by atoms with E-state index in [1.165, 1.54) is 12.1 Å². The van der Waals surface area contributed by atoms with Gasteiger partial charge in [0.25, 0.3) is 10.0 Å². The van der Waals surface area contributed by atoms with E-state index >= 15 is 0 Å². The summed E-state index contributed by atoms with van der Waals surface area (Å²) in [5.41, 5.74) is 3.97. The minimum Gasteiger partial charge on any atom is -0.326 e.